The molecule has 1 aromatic carbocycles. The van der Waals surface area contributed by atoms with E-state index in [1.807, 2.05) is 24.0 Å². The number of aromatic nitrogens is 1. The summed E-state index contributed by atoms with van der Waals surface area (Å²) in [7, 11) is 0. The van der Waals surface area contributed by atoms with Gasteiger partial charge >= 0.3 is 0 Å². The van der Waals surface area contributed by atoms with Crippen LogP contribution in [0.1, 0.15) is 59.6 Å². The third-order valence-corrected chi connectivity index (χ3v) is 6.89. The number of hydrogen-bond donors (Lipinski definition) is 0. The van der Waals surface area contributed by atoms with Gasteiger partial charge in [-0.2, -0.15) is 0 Å². The zero-order chi connectivity index (χ0) is 21.3. The minimum atomic E-state index is -0.136. The van der Waals surface area contributed by atoms with E-state index in [0.717, 1.165) is 37.4 Å². The molecule has 5 heteroatoms. The summed E-state index contributed by atoms with van der Waals surface area (Å²) in [6.45, 7) is 10.5. The molecule has 0 saturated carbocycles. The minimum Gasteiger partial charge on any atom is -0.346 e. The predicted molar refractivity (Wildman–Crippen MR) is 120 cm³/mol. The van der Waals surface area contributed by atoms with Crippen molar-refractivity contribution in [3.8, 4) is 0 Å². The highest BCUT2D eigenvalue weighted by molar-refractivity contribution is 5.95. The molecule has 0 aliphatic carbocycles. The van der Waals surface area contributed by atoms with Crippen molar-refractivity contribution in [3.63, 3.8) is 0 Å². The van der Waals surface area contributed by atoms with Crippen molar-refractivity contribution in [1.29, 1.82) is 0 Å². The van der Waals surface area contributed by atoms with Gasteiger partial charge < -0.3 is 9.47 Å². The van der Waals surface area contributed by atoms with E-state index in [9.17, 15) is 9.59 Å². The Kier molecular flexibility index (Phi) is 6.09. The van der Waals surface area contributed by atoms with Crippen LogP contribution in [0, 0.1) is 6.92 Å². The molecule has 3 heterocycles. The van der Waals surface area contributed by atoms with Crippen LogP contribution in [0.3, 0.4) is 0 Å². The van der Waals surface area contributed by atoms with Crippen LogP contribution in [-0.4, -0.2) is 46.0 Å². The number of rotatable bonds is 5. The number of benzene rings is 1. The van der Waals surface area contributed by atoms with E-state index in [2.05, 4.69) is 35.4 Å². The number of pyridine rings is 1. The van der Waals surface area contributed by atoms with Gasteiger partial charge in [-0.1, -0.05) is 38.1 Å². The van der Waals surface area contributed by atoms with Gasteiger partial charge in [0, 0.05) is 43.1 Å². The molecule has 0 radical (unpaired) electrons. The smallest absolute Gasteiger partial charge is 0.259 e. The molecule has 1 saturated heterocycles. The van der Waals surface area contributed by atoms with E-state index in [1.165, 1.54) is 24.0 Å². The lowest BCUT2D eigenvalue weighted by Crippen LogP contribution is -2.40. The Morgan fingerprint density at radius 2 is 1.90 bits per heavy atom. The monoisotopic (exact) mass is 407 g/mol. The van der Waals surface area contributed by atoms with Gasteiger partial charge in [-0.3, -0.25) is 14.5 Å². The Balaban J connectivity index is 1.68. The summed E-state index contributed by atoms with van der Waals surface area (Å²) in [5.41, 5.74) is 4.59. The molecule has 1 amide bonds. The molecule has 4 rings (SSSR count). The van der Waals surface area contributed by atoms with Crippen LogP contribution in [0.5, 0.6) is 0 Å². The molecule has 2 aliphatic rings. The van der Waals surface area contributed by atoms with Crippen LogP contribution < -0.4 is 5.43 Å². The highest BCUT2D eigenvalue weighted by atomic mass is 16.2. The number of amides is 1. The van der Waals surface area contributed by atoms with Crippen LogP contribution in [0.4, 0.5) is 0 Å². The topological polar surface area (TPSA) is 45.6 Å². The van der Waals surface area contributed by atoms with Gasteiger partial charge in [0.1, 0.15) is 5.56 Å². The molecule has 30 heavy (non-hydrogen) atoms. The van der Waals surface area contributed by atoms with Crippen LogP contribution in [0.2, 0.25) is 0 Å². The maximum atomic E-state index is 13.5. The first-order valence-corrected chi connectivity index (χ1v) is 11.4. The zero-order valence-corrected chi connectivity index (χ0v) is 18.5. The second-order valence-corrected chi connectivity index (χ2v) is 8.61. The third kappa shape index (κ3) is 3.83. The summed E-state index contributed by atoms with van der Waals surface area (Å²) in [5.74, 6) is -0.112. The first kappa shape index (κ1) is 20.9. The van der Waals surface area contributed by atoms with E-state index in [0.29, 0.717) is 31.1 Å². The Morgan fingerprint density at radius 3 is 2.63 bits per heavy atom. The highest BCUT2D eigenvalue weighted by Crippen LogP contribution is 2.23. The second kappa shape index (κ2) is 8.76. The largest absolute Gasteiger partial charge is 0.346 e. The van der Waals surface area contributed by atoms with E-state index >= 15 is 0 Å². The Morgan fingerprint density at radius 1 is 1.13 bits per heavy atom. The van der Waals surface area contributed by atoms with E-state index in [1.54, 1.807) is 6.07 Å². The van der Waals surface area contributed by atoms with Crippen LogP contribution >= 0.6 is 0 Å². The van der Waals surface area contributed by atoms with Crippen molar-refractivity contribution >= 4 is 5.91 Å². The number of aryl methyl sites for hydroxylation is 1. The summed E-state index contributed by atoms with van der Waals surface area (Å²) >= 11 is 0. The maximum Gasteiger partial charge on any atom is 0.259 e. The molecular formula is C25H33N3O2. The standard InChI is InChI=1S/C25H33N3O2/c1-4-22-24(25(30)27-14-12-19-9-6-7-10-20(19)16-27)23(29)15-18(3)28(22)17-21-11-8-13-26(21)5-2/h6-7,9-10,15,21H,4-5,8,11-14,16-17H2,1-3H3/t21-/m1/s1. The average molecular weight is 408 g/mol. The van der Waals surface area contributed by atoms with E-state index < -0.39 is 0 Å². The maximum absolute atomic E-state index is 13.5. The molecule has 2 aromatic rings. The van der Waals surface area contributed by atoms with Crippen molar-refractivity contribution in [3.05, 3.63) is 68.6 Å². The third-order valence-electron chi connectivity index (χ3n) is 6.89. The number of likely N-dealkylation sites (tertiary alicyclic amines) is 1. The molecule has 0 N–H and O–H groups in total. The SMILES string of the molecule is CCc1c(C(=O)N2CCc3ccccc3C2)c(=O)cc(C)n1C[C@H]1CCCN1CC. The molecule has 5 nitrogen and oxygen atoms in total. The van der Waals surface area contributed by atoms with Gasteiger partial charge in [0.25, 0.3) is 5.91 Å². The Labute approximate surface area is 179 Å². The number of carbonyl (C=O) groups is 1. The van der Waals surface area contributed by atoms with Crippen molar-refractivity contribution in [2.24, 2.45) is 0 Å². The van der Waals surface area contributed by atoms with Crippen molar-refractivity contribution in [2.45, 2.75) is 65.6 Å². The molecular weight excluding hydrogens is 374 g/mol. The normalized spacial score (nSPS) is 19.2. The molecule has 0 unspecified atom stereocenters. The summed E-state index contributed by atoms with van der Waals surface area (Å²) in [6, 6.07) is 10.4. The van der Waals surface area contributed by atoms with Crippen molar-refractivity contribution in [2.75, 3.05) is 19.6 Å². The minimum absolute atomic E-state index is 0.112. The van der Waals surface area contributed by atoms with Gasteiger partial charge in [0.2, 0.25) is 0 Å². The van der Waals surface area contributed by atoms with Gasteiger partial charge in [-0.05, 0) is 56.8 Å². The highest BCUT2D eigenvalue weighted by Gasteiger charge is 2.29. The van der Waals surface area contributed by atoms with Gasteiger partial charge in [0.05, 0.1) is 0 Å². The lowest BCUT2D eigenvalue weighted by Gasteiger charge is -2.31. The molecule has 0 bridgehead atoms. The summed E-state index contributed by atoms with van der Waals surface area (Å²) < 4.78 is 2.24. The molecule has 160 valence electrons. The van der Waals surface area contributed by atoms with Crippen molar-refractivity contribution < 1.29 is 4.79 Å². The molecule has 1 atom stereocenters. The summed E-state index contributed by atoms with van der Waals surface area (Å²) in [5, 5.41) is 0. The first-order valence-electron chi connectivity index (χ1n) is 11.4. The molecule has 1 aromatic heterocycles. The lowest BCUT2D eigenvalue weighted by molar-refractivity contribution is 0.0730. The van der Waals surface area contributed by atoms with E-state index in [-0.39, 0.29) is 11.3 Å². The number of carbonyl (C=O) groups excluding carboxylic acids is 1. The van der Waals surface area contributed by atoms with Gasteiger partial charge in [0.15, 0.2) is 5.43 Å². The Hall–Kier alpha value is -2.40. The van der Waals surface area contributed by atoms with Gasteiger partial charge in [-0.15, -0.1) is 0 Å². The predicted octanol–water partition coefficient (Wildman–Crippen LogP) is 3.40. The van der Waals surface area contributed by atoms with Crippen LogP contribution in [0.15, 0.2) is 35.1 Å². The first-order chi connectivity index (χ1) is 14.5. The summed E-state index contributed by atoms with van der Waals surface area (Å²) in [4.78, 5) is 30.9. The molecule has 0 spiro atoms. The van der Waals surface area contributed by atoms with Gasteiger partial charge in [-0.25, -0.2) is 0 Å². The Bertz CT molecular complexity index is 994. The zero-order valence-electron chi connectivity index (χ0n) is 18.5. The molecule has 2 aliphatic heterocycles. The lowest BCUT2D eigenvalue weighted by atomic mass is 9.98. The fourth-order valence-electron chi connectivity index (χ4n) is 5.24. The average Bonchev–Trinajstić information content (AvgIpc) is 3.21. The number of nitrogens with zero attached hydrogens (tertiary/aromatic N) is 3. The van der Waals surface area contributed by atoms with Crippen LogP contribution in [-0.2, 0) is 25.9 Å². The fourth-order valence-corrected chi connectivity index (χ4v) is 5.24. The van der Waals surface area contributed by atoms with Crippen molar-refractivity contribution in [1.82, 2.24) is 14.4 Å². The van der Waals surface area contributed by atoms with E-state index in [4.69, 9.17) is 0 Å². The number of fused-ring (bicyclic) bond motifs is 1. The molecule has 1 fully saturated rings. The number of likely N-dealkylation sites (N-methyl/N-ethyl adjacent to an activating group) is 1. The second-order valence-electron chi connectivity index (χ2n) is 8.61. The quantitative estimate of drug-likeness (QED) is 0.763. The number of hydrogen-bond acceptors (Lipinski definition) is 3. The van der Waals surface area contributed by atoms with Crippen LogP contribution in [0.25, 0.3) is 0 Å². The summed E-state index contributed by atoms with van der Waals surface area (Å²) in [6.07, 6.45) is 3.92. The fraction of sp³-hybridized carbons (Fsp3) is 0.520.